The van der Waals surface area contributed by atoms with Gasteiger partial charge in [0.15, 0.2) is 0 Å². The van der Waals surface area contributed by atoms with Gasteiger partial charge in [0, 0.05) is 24.2 Å². The Morgan fingerprint density at radius 3 is 2.24 bits per heavy atom. The van der Waals surface area contributed by atoms with Crippen LogP contribution in [0.2, 0.25) is 0 Å². The number of aromatic nitrogens is 2. The summed E-state index contributed by atoms with van der Waals surface area (Å²) in [5.41, 5.74) is 1.89. The van der Waals surface area contributed by atoms with Crippen LogP contribution >= 0.6 is 0 Å². The lowest BCUT2D eigenvalue weighted by Gasteiger charge is -2.32. The Balaban J connectivity index is 1.82. The van der Waals surface area contributed by atoms with Gasteiger partial charge in [-0.3, -0.25) is 4.68 Å². The van der Waals surface area contributed by atoms with Crippen LogP contribution in [0.4, 0.5) is 4.79 Å². The summed E-state index contributed by atoms with van der Waals surface area (Å²) >= 11 is 0. The minimum absolute atomic E-state index is 0.358. The van der Waals surface area contributed by atoms with E-state index in [0.717, 1.165) is 42.7 Å². The number of hydrogen-bond donors (Lipinski definition) is 1. The first kappa shape index (κ1) is 23.7. The van der Waals surface area contributed by atoms with E-state index in [-0.39, 0.29) is 24.4 Å². The quantitative estimate of drug-likeness (QED) is 0.553. The summed E-state index contributed by atoms with van der Waals surface area (Å²) in [6, 6.07) is 0. The molecule has 0 aliphatic carbocycles. The van der Waals surface area contributed by atoms with Gasteiger partial charge in [0.05, 0.1) is 16.9 Å². The molecule has 1 aliphatic rings. The van der Waals surface area contributed by atoms with E-state index >= 15 is 0 Å². The maximum atomic E-state index is 11.6. The molecule has 1 aromatic rings. The summed E-state index contributed by atoms with van der Waals surface area (Å²) in [5.74, 6) is 0. The van der Waals surface area contributed by atoms with Crippen molar-refractivity contribution in [1.29, 1.82) is 0 Å². The molecule has 0 bridgehead atoms. The van der Waals surface area contributed by atoms with E-state index in [1.54, 1.807) is 0 Å². The van der Waals surface area contributed by atoms with Crippen molar-refractivity contribution in [2.24, 2.45) is 0 Å². The van der Waals surface area contributed by atoms with Crippen molar-refractivity contribution in [3.05, 3.63) is 11.4 Å². The zero-order valence-electron chi connectivity index (χ0n) is 19.6. The van der Waals surface area contributed by atoms with Gasteiger partial charge in [0.2, 0.25) is 0 Å². The lowest BCUT2D eigenvalue weighted by molar-refractivity contribution is 0.00578. The highest BCUT2D eigenvalue weighted by Crippen LogP contribution is 2.36. The summed E-state index contributed by atoms with van der Waals surface area (Å²) in [5, 5.41) is 7.50. The predicted octanol–water partition coefficient (Wildman–Crippen LogP) is 3.49. The van der Waals surface area contributed by atoms with E-state index in [9.17, 15) is 4.79 Å². The number of aryl methyl sites for hydroxylation is 2. The summed E-state index contributed by atoms with van der Waals surface area (Å²) in [6.45, 7) is 19.4. The minimum atomic E-state index is -0.464. The van der Waals surface area contributed by atoms with Gasteiger partial charge in [0.25, 0.3) is 0 Å². The standard InChI is InChI=1S/C21H38BN3O4/c1-15-17(22-28-20(6,7)21(8,9)29-22)16(2)25(24-15)14-12-10-11-13-23-18(26)27-19(3,4)5/h10-14H2,1-9H3,(H,23,26). The van der Waals surface area contributed by atoms with Crippen LogP contribution in [-0.4, -0.2) is 46.3 Å². The van der Waals surface area contributed by atoms with Crippen LogP contribution in [0.15, 0.2) is 0 Å². The Morgan fingerprint density at radius 2 is 1.69 bits per heavy atom. The number of carbonyl (C=O) groups is 1. The number of alkyl carbamates (subject to hydrolysis) is 1. The molecule has 7 nitrogen and oxygen atoms in total. The molecule has 1 amide bonds. The molecule has 0 aromatic carbocycles. The topological polar surface area (TPSA) is 74.6 Å². The molecule has 29 heavy (non-hydrogen) atoms. The average molecular weight is 407 g/mol. The first-order valence-electron chi connectivity index (χ1n) is 10.6. The largest absolute Gasteiger partial charge is 0.498 e. The third-order valence-corrected chi connectivity index (χ3v) is 5.64. The first-order valence-corrected chi connectivity index (χ1v) is 10.6. The van der Waals surface area contributed by atoms with Gasteiger partial charge in [-0.25, -0.2) is 4.79 Å². The normalized spacial score (nSPS) is 18.2. The van der Waals surface area contributed by atoms with Crippen molar-refractivity contribution >= 4 is 18.7 Å². The molecule has 1 fully saturated rings. The number of carbonyl (C=O) groups excluding carboxylic acids is 1. The third kappa shape index (κ3) is 5.98. The maximum Gasteiger partial charge on any atom is 0.498 e. The van der Waals surface area contributed by atoms with Gasteiger partial charge in [0.1, 0.15) is 5.60 Å². The fourth-order valence-corrected chi connectivity index (χ4v) is 3.30. The first-order chi connectivity index (χ1) is 13.2. The molecule has 164 valence electrons. The SMILES string of the molecule is Cc1nn(CCCCCNC(=O)OC(C)(C)C)c(C)c1B1OC(C)(C)C(C)(C)O1. The molecule has 0 atom stereocenters. The molecule has 2 rings (SSSR count). The zero-order valence-corrected chi connectivity index (χ0v) is 19.6. The Kier molecular flexibility index (Phi) is 7.11. The molecule has 1 saturated heterocycles. The van der Waals surface area contributed by atoms with Crippen molar-refractivity contribution in [3.63, 3.8) is 0 Å². The van der Waals surface area contributed by atoms with Gasteiger partial charge in [-0.2, -0.15) is 5.10 Å². The Bertz CT molecular complexity index is 706. The number of rotatable bonds is 7. The van der Waals surface area contributed by atoms with E-state index in [2.05, 4.69) is 39.9 Å². The molecule has 0 radical (unpaired) electrons. The number of ether oxygens (including phenoxy) is 1. The maximum absolute atomic E-state index is 11.6. The predicted molar refractivity (Wildman–Crippen MR) is 116 cm³/mol. The molecule has 1 aliphatic heterocycles. The van der Waals surface area contributed by atoms with Gasteiger partial charge < -0.3 is 19.4 Å². The summed E-state index contributed by atoms with van der Waals surface area (Å²) < 4.78 is 19.7. The van der Waals surface area contributed by atoms with Crippen LogP contribution in [0.5, 0.6) is 0 Å². The van der Waals surface area contributed by atoms with Crippen molar-refractivity contribution in [2.45, 2.75) is 105 Å². The summed E-state index contributed by atoms with van der Waals surface area (Å²) in [4.78, 5) is 11.6. The number of unbranched alkanes of at least 4 members (excludes halogenated alkanes) is 2. The van der Waals surface area contributed by atoms with Crippen molar-refractivity contribution in [1.82, 2.24) is 15.1 Å². The smallest absolute Gasteiger partial charge is 0.444 e. The second-order valence-electron chi connectivity index (χ2n) is 9.89. The van der Waals surface area contributed by atoms with Crippen molar-refractivity contribution in [2.75, 3.05) is 6.54 Å². The Morgan fingerprint density at radius 1 is 1.10 bits per heavy atom. The number of nitrogens with zero attached hydrogens (tertiary/aromatic N) is 2. The summed E-state index contributed by atoms with van der Waals surface area (Å²) in [6.07, 6.45) is 2.53. The van der Waals surface area contributed by atoms with Gasteiger partial charge >= 0.3 is 13.2 Å². The van der Waals surface area contributed by atoms with Crippen LogP contribution in [-0.2, 0) is 20.6 Å². The van der Waals surface area contributed by atoms with Gasteiger partial charge in [-0.05, 0) is 81.6 Å². The van der Waals surface area contributed by atoms with Crippen LogP contribution in [0, 0.1) is 13.8 Å². The van der Waals surface area contributed by atoms with Crippen LogP contribution < -0.4 is 10.8 Å². The van der Waals surface area contributed by atoms with Gasteiger partial charge in [-0.15, -0.1) is 0 Å². The second-order valence-corrected chi connectivity index (χ2v) is 9.89. The van der Waals surface area contributed by atoms with Crippen LogP contribution in [0.25, 0.3) is 0 Å². The highest BCUT2D eigenvalue weighted by Gasteiger charge is 2.53. The van der Waals surface area contributed by atoms with Crippen LogP contribution in [0.1, 0.15) is 79.1 Å². The van der Waals surface area contributed by atoms with E-state index in [1.807, 2.05) is 32.4 Å². The monoisotopic (exact) mass is 407 g/mol. The minimum Gasteiger partial charge on any atom is -0.444 e. The number of amides is 1. The number of hydrogen-bond acceptors (Lipinski definition) is 5. The van der Waals surface area contributed by atoms with E-state index in [4.69, 9.17) is 19.1 Å². The highest BCUT2D eigenvalue weighted by molar-refractivity contribution is 6.63. The van der Waals surface area contributed by atoms with Crippen molar-refractivity contribution < 1.29 is 18.8 Å². The molecule has 0 unspecified atom stereocenters. The molecular weight excluding hydrogens is 369 g/mol. The fourth-order valence-electron chi connectivity index (χ4n) is 3.30. The molecule has 0 saturated carbocycles. The molecule has 1 N–H and O–H groups in total. The highest BCUT2D eigenvalue weighted by atomic mass is 16.7. The van der Waals surface area contributed by atoms with Gasteiger partial charge in [-0.1, -0.05) is 0 Å². The Hall–Kier alpha value is -1.54. The molecule has 8 heteroatoms. The second kappa shape index (κ2) is 8.68. The molecule has 0 spiro atoms. The zero-order chi connectivity index (χ0) is 22.0. The van der Waals surface area contributed by atoms with E-state index in [1.165, 1.54) is 0 Å². The molecule has 2 heterocycles. The van der Waals surface area contributed by atoms with Crippen LogP contribution in [0.3, 0.4) is 0 Å². The number of nitrogens with one attached hydrogen (secondary N) is 1. The average Bonchev–Trinajstić information content (AvgIpc) is 2.92. The Labute approximate surface area is 176 Å². The molecular formula is C21H38BN3O4. The van der Waals surface area contributed by atoms with E-state index in [0.29, 0.717) is 6.54 Å². The fraction of sp³-hybridized carbons (Fsp3) is 0.810. The molecule has 1 aromatic heterocycles. The third-order valence-electron chi connectivity index (χ3n) is 5.64. The lowest BCUT2D eigenvalue weighted by atomic mass is 9.77. The van der Waals surface area contributed by atoms with E-state index < -0.39 is 5.60 Å². The lowest BCUT2D eigenvalue weighted by Crippen LogP contribution is -2.41. The summed E-state index contributed by atoms with van der Waals surface area (Å²) in [7, 11) is -0.383. The van der Waals surface area contributed by atoms with Crippen molar-refractivity contribution in [3.8, 4) is 0 Å².